The van der Waals surface area contributed by atoms with Gasteiger partial charge in [0.05, 0.1) is 19.8 Å². The third-order valence-corrected chi connectivity index (χ3v) is 2.08. The van der Waals surface area contributed by atoms with Gasteiger partial charge in [0, 0.05) is 19.7 Å². The molecule has 0 saturated heterocycles. The molecule has 102 valence electrons. The Hall–Kier alpha value is -1.40. The van der Waals surface area contributed by atoms with Gasteiger partial charge in [0.1, 0.15) is 18.2 Å². The van der Waals surface area contributed by atoms with Crippen LogP contribution >= 0.6 is 0 Å². The van der Waals surface area contributed by atoms with Crippen molar-refractivity contribution in [2.24, 2.45) is 0 Å². The summed E-state index contributed by atoms with van der Waals surface area (Å²) in [5, 5.41) is 3.13. The number of nitrogens with zero attached hydrogens (tertiary/aromatic N) is 2. The Morgan fingerprint density at radius 2 is 1.94 bits per heavy atom. The summed E-state index contributed by atoms with van der Waals surface area (Å²) in [5.41, 5.74) is 0. The molecule has 1 aromatic rings. The highest BCUT2D eigenvalue weighted by atomic mass is 16.5. The molecule has 0 atom stereocenters. The summed E-state index contributed by atoms with van der Waals surface area (Å²) in [7, 11) is 1.64. The lowest BCUT2D eigenvalue weighted by Crippen LogP contribution is -2.11. The van der Waals surface area contributed by atoms with Crippen LogP contribution in [0.5, 0.6) is 5.88 Å². The normalized spacial score (nSPS) is 10.4. The highest BCUT2D eigenvalue weighted by molar-refractivity contribution is 5.38. The van der Waals surface area contributed by atoms with E-state index in [1.54, 1.807) is 13.2 Å². The van der Waals surface area contributed by atoms with Crippen molar-refractivity contribution in [3.05, 3.63) is 11.9 Å². The number of methoxy groups -OCH3 is 1. The molecule has 0 saturated carbocycles. The van der Waals surface area contributed by atoms with E-state index in [9.17, 15) is 0 Å². The van der Waals surface area contributed by atoms with E-state index in [4.69, 9.17) is 14.2 Å². The maximum Gasteiger partial charge on any atom is 0.218 e. The molecule has 0 amide bonds. The monoisotopic (exact) mass is 255 g/mol. The summed E-state index contributed by atoms with van der Waals surface area (Å²) < 4.78 is 15.7. The molecule has 0 aliphatic rings. The number of nitrogens with one attached hydrogen (secondary N) is 1. The van der Waals surface area contributed by atoms with E-state index in [0.29, 0.717) is 38.1 Å². The highest BCUT2D eigenvalue weighted by Crippen LogP contribution is 2.12. The Labute approximate surface area is 108 Å². The van der Waals surface area contributed by atoms with Crippen LogP contribution in [0.1, 0.15) is 12.7 Å². The average molecular weight is 255 g/mol. The van der Waals surface area contributed by atoms with Gasteiger partial charge in [-0.15, -0.1) is 0 Å². The van der Waals surface area contributed by atoms with Gasteiger partial charge in [-0.05, 0) is 13.8 Å². The summed E-state index contributed by atoms with van der Waals surface area (Å²) in [6.45, 7) is 6.82. The zero-order valence-electron chi connectivity index (χ0n) is 11.2. The van der Waals surface area contributed by atoms with Crippen LogP contribution in [0, 0.1) is 6.92 Å². The third kappa shape index (κ3) is 5.79. The molecule has 1 N–H and O–H groups in total. The van der Waals surface area contributed by atoms with Crippen LogP contribution < -0.4 is 10.1 Å². The van der Waals surface area contributed by atoms with Gasteiger partial charge in [-0.3, -0.25) is 0 Å². The van der Waals surface area contributed by atoms with Crippen molar-refractivity contribution < 1.29 is 14.2 Å². The molecule has 0 bridgehead atoms. The van der Waals surface area contributed by atoms with E-state index in [1.165, 1.54) is 0 Å². The minimum Gasteiger partial charge on any atom is -0.475 e. The smallest absolute Gasteiger partial charge is 0.218 e. The second kappa shape index (κ2) is 8.66. The van der Waals surface area contributed by atoms with Crippen molar-refractivity contribution in [2.45, 2.75) is 13.8 Å². The van der Waals surface area contributed by atoms with Gasteiger partial charge in [-0.25, -0.2) is 4.98 Å². The van der Waals surface area contributed by atoms with Crippen molar-refractivity contribution in [3.63, 3.8) is 0 Å². The molecule has 1 aromatic heterocycles. The summed E-state index contributed by atoms with van der Waals surface area (Å²) in [4.78, 5) is 8.44. The van der Waals surface area contributed by atoms with Crippen LogP contribution in [0.25, 0.3) is 0 Å². The predicted octanol–water partition coefficient (Wildman–Crippen LogP) is 1.26. The Bertz CT molecular complexity index is 347. The van der Waals surface area contributed by atoms with Crippen molar-refractivity contribution in [1.29, 1.82) is 0 Å². The number of hydrogen-bond acceptors (Lipinski definition) is 6. The van der Waals surface area contributed by atoms with Crippen molar-refractivity contribution in [1.82, 2.24) is 9.97 Å². The van der Waals surface area contributed by atoms with Crippen LogP contribution in [0.2, 0.25) is 0 Å². The van der Waals surface area contributed by atoms with Crippen LogP contribution in [0.4, 0.5) is 5.82 Å². The Morgan fingerprint density at radius 3 is 2.67 bits per heavy atom. The Balaban J connectivity index is 2.32. The summed E-state index contributed by atoms with van der Waals surface area (Å²) in [5.74, 6) is 2.03. The first-order valence-corrected chi connectivity index (χ1v) is 6.05. The Kier molecular flexibility index (Phi) is 7.05. The van der Waals surface area contributed by atoms with E-state index < -0.39 is 0 Å². The summed E-state index contributed by atoms with van der Waals surface area (Å²) in [6, 6.07) is 1.78. The fourth-order valence-corrected chi connectivity index (χ4v) is 1.34. The second-order valence-electron chi connectivity index (χ2n) is 3.62. The maximum atomic E-state index is 5.50. The van der Waals surface area contributed by atoms with Crippen molar-refractivity contribution >= 4 is 5.82 Å². The molecular weight excluding hydrogens is 234 g/mol. The van der Waals surface area contributed by atoms with Gasteiger partial charge in [0.2, 0.25) is 5.88 Å². The molecule has 0 aromatic carbocycles. The molecule has 6 heteroatoms. The molecule has 0 aliphatic carbocycles. The molecule has 0 aliphatic heterocycles. The van der Waals surface area contributed by atoms with Gasteiger partial charge in [-0.2, -0.15) is 4.98 Å². The zero-order chi connectivity index (χ0) is 13.2. The minimum absolute atomic E-state index is 0.464. The van der Waals surface area contributed by atoms with Crippen LogP contribution in [0.15, 0.2) is 6.07 Å². The number of ether oxygens (including phenoxy) is 3. The second-order valence-corrected chi connectivity index (χ2v) is 3.62. The molecule has 6 nitrogen and oxygen atoms in total. The van der Waals surface area contributed by atoms with Gasteiger partial charge in [0.25, 0.3) is 0 Å². The van der Waals surface area contributed by atoms with Crippen molar-refractivity contribution in [2.75, 3.05) is 45.4 Å². The predicted molar refractivity (Wildman–Crippen MR) is 69.1 cm³/mol. The van der Waals surface area contributed by atoms with Crippen LogP contribution in [-0.2, 0) is 9.47 Å². The average Bonchev–Trinajstić information content (AvgIpc) is 2.33. The van der Waals surface area contributed by atoms with E-state index in [1.807, 2.05) is 13.8 Å². The molecule has 0 radical (unpaired) electrons. The molecule has 0 fully saturated rings. The minimum atomic E-state index is 0.464. The SMILES string of the molecule is CCNc1cc(OCCOCCOC)nc(C)n1. The number of aryl methyl sites for hydroxylation is 1. The first-order valence-electron chi connectivity index (χ1n) is 6.05. The first-order chi connectivity index (χ1) is 8.76. The molecule has 1 heterocycles. The summed E-state index contributed by atoms with van der Waals surface area (Å²) >= 11 is 0. The summed E-state index contributed by atoms with van der Waals surface area (Å²) in [6.07, 6.45) is 0. The quantitative estimate of drug-likeness (QED) is 0.670. The van der Waals surface area contributed by atoms with Crippen LogP contribution in [-0.4, -0.2) is 50.1 Å². The fraction of sp³-hybridized carbons (Fsp3) is 0.667. The molecular formula is C12H21N3O3. The molecule has 0 spiro atoms. The van der Waals surface area contributed by atoms with E-state index in [2.05, 4.69) is 15.3 Å². The number of anilines is 1. The van der Waals surface area contributed by atoms with Gasteiger partial charge >= 0.3 is 0 Å². The lowest BCUT2D eigenvalue weighted by atomic mass is 10.5. The largest absolute Gasteiger partial charge is 0.475 e. The standard InChI is InChI=1S/C12H21N3O3/c1-4-13-11-9-12(15-10(2)14-11)18-8-7-17-6-5-16-3/h9H,4-8H2,1-3H3,(H,13,14,15). The Morgan fingerprint density at radius 1 is 1.17 bits per heavy atom. The fourth-order valence-electron chi connectivity index (χ4n) is 1.34. The van der Waals surface area contributed by atoms with Crippen LogP contribution in [0.3, 0.4) is 0 Å². The topological polar surface area (TPSA) is 65.5 Å². The lowest BCUT2D eigenvalue weighted by Gasteiger charge is -2.09. The van der Waals surface area contributed by atoms with Gasteiger partial charge in [-0.1, -0.05) is 0 Å². The van der Waals surface area contributed by atoms with E-state index in [0.717, 1.165) is 12.4 Å². The van der Waals surface area contributed by atoms with Crippen molar-refractivity contribution in [3.8, 4) is 5.88 Å². The number of hydrogen-bond donors (Lipinski definition) is 1. The molecule has 1 rings (SSSR count). The molecule has 0 unspecified atom stereocenters. The highest BCUT2D eigenvalue weighted by Gasteiger charge is 2.02. The van der Waals surface area contributed by atoms with Gasteiger partial charge in [0.15, 0.2) is 0 Å². The zero-order valence-corrected chi connectivity index (χ0v) is 11.2. The van der Waals surface area contributed by atoms with E-state index >= 15 is 0 Å². The lowest BCUT2D eigenvalue weighted by molar-refractivity contribution is 0.0536. The van der Waals surface area contributed by atoms with E-state index in [-0.39, 0.29) is 0 Å². The third-order valence-electron chi connectivity index (χ3n) is 2.08. The first kappa shape index (κ1) is 14.7. The maximum absolute atomic E-state index is 5.50. The number of rotatable bonds is 9. The molecule has 18 heavy (non-hydrogen) atoms. The van der Waals surface area contributed by atoms with Gasteiger partial charge < -0.3 is 19.5 Å². The number of aromatic nitrogens is 2.